The van der Waals surface area contributed by atoms with Gasteiger partial charge in [0.1, 0.15) is 0 Å². The highest BCUT2D eigenvalue weighted by Gasteiger charge is 2.21. The Labute approximate surface area is 132 Å². The Balaban J connectivity index is 1.86. The maximum atomic E-state index is 12.3. The van der Waals surface area contributed by atoms with Crippen LogP contribution in [-0.4, -0.2) is 44.7 Å². The number of hydrogen-bond donors (Lipinski definition) is 1. The number of ether oxygens (including phenoxy) is 2. The molecule has 0 aliphatic carbocycles. The van der Waals surface area contributed by atoms with Gasteiger partial charge in [-0.1, -0.05) is 6.07 Å². The third-order valence-corrected chi connectivity index (χ3v) is 4.38. The van der Waals surface area contributed by atoms with E-state index in [1.807, 2.05) is 23.1 Å². The number of hydrogen-bond acceptors (Lipinski definition) is 4. The number of piperidine rings is 1. The molecule has 0 spiro atoms. The molecule has 2 rings (SSSR count). The Hall–Kier alpha value is -1.75. The highest BCUT2D eigenvalue weighted by Crippen LogP contribution is 2.28. The topological polar surface area (TPSA) is 64.8 Å². The summed E-state index contributed by atoms with van der Waals surface area (Å²) < 4.78 is 10.5. The van der Waals surface area contributed by atoms with Crippen LogP contribution in [0.15, 0.2) is 18.2 Å². The van der Waals surface area contributed by atoms with Gasteiger partial charge in [0.05, 0.1) is 14.2 Å². The first kappa shape index (κ1) is 16.6. The van der Waals surface area contributed by atoms with E-state index in [2.05, 4.69) is 0 Å². The average molecular weight is 306 g/mol. The fourth-order valence-corrected chi connectivity index (χ4v) is 2.86. The van der Waals surface area contributed by atoms with Crippen molar-refractivity contribution in [3.63, 3.8) is 0 Å². The molecular formula is C17H26N2O3. The minimum absolute atomic E-state index is 0.227. The molecule has 1 aromatic carbocycles. The second kappa shape index (κ2) is 8.03. The SMILES string of the molecule is COc1ccc(CCC(=O)N2CCC(CN)CC2)cc1OC. The van der Waals surface area contributed by atoms with Crippen LogP contribution in [0.5, 0.6) is 11.5 Å². The Bertz CT molecular complexity index is 497. The lowest BCUT2D eigenvalue weighted by Gasteiger charge is -2.31. The minimum atomic E-state index is 0.227. The van der Waals surface area contributed by atoms with Crippen LogP contribution in [0.2, 0.25) is 0 Å². The van der Waals surface area contributed by atoms with E-state index >= 15 is 0 Å². The summed E-state index contributed by atoms with van der Waals surface area (Å²) in [5.74, 6) is 2.22. The molecule has 22 heavy (non-hydrogen) atoms. The Morgan fingerprint density at radius 1 is 1.23 bits per heavy atom. The van der Waals surface area contributed by atoms with Crippen molar-refractivity contribution in [2.45, 2.75) is 25.7 Å². The van der Waals surface area contributed by atoms with E-state index in [9.17, 15) is 4.79 Å². The van der Waals surface area contributed by atoms with Gasteiger partial charge in [-0.2, -0.15) is 0 Å². The number of amides is 1. The van der Waals surface area contributed by atoms with Gasteiger partial charge in [0.15, 0.2) is 11.5 Å². The third kappa shape index (κ3) is 4.13. The molecule has 0 aromatic heterocycles. The first-order chi connectivity index (χ1) is 10.7. The van der Waals surface area contributed by atoms with Crippen LogP contribution in [0.4, 0.5) is 0 Å². The summed E-state index contributed by atoms with van der Waals surface area (Å²) in [4.78, 5) is 14.2. The molecule has 1 saturated heterocycles. The summed E-state index contributed by atoms with van der Waals surface area (Å²) in [5, 5.41) is 0. The lowest BCUT2D eigenvalue weighted by atomic mass is 9.96. The molecule has 2 N–H and O–H groups in total. The van der Waals surface area contributed by atoms with E-state index < -0.39 is 0 Å². The quantitative estimate of drug-likeness (QED) is 0.871. The lowest BCUT2D eigenvalue weighted by Crippen LogP contribution is -2.40. The van der Waals surface area contributed by atoms with Gasteiger partial charge in [-0.25, -0.2) is 0 Å². The standard InChI is InChI=1S/C17H26N2O3/c1-21-15-5-3-13(11-16(15)22-2)4-6-17(20)19-9-7-14(12-18)8-10-19/h3,5,11,14H,4,6-10,12,18H2,1-2H3. The number of rotatable bonds is 6. The molecule has 1 aliphatic rings. The van der Waals surface area contributed by atoms with Gasteiger partial charge in [-0.3, -0.25) is 4.79 Å². The highest BCUT2D eigenvalue weighted by atomic mass is 16.5. The maximum Gasteiger partial charge on any atom is 0.222 e. The number of benzene rings is 1. The van der Waals surface area contributed by atoms with Gasteiger partial charge in [-0.05, 0) is 49.4 Å². The molecule has 5 nitrogen and oxygen atoms in total. The average Bonchev–Trinajstić information content (AvgIpc) is 2.59. The van der Waals surface area contributed by atoms with Crippen LogP contribution in [0, 0.1) is 5.92 Å². The van der Waals surface area contributed by atoms with Gasteiger partial charge in [0.2, 0.25) is 5.91 Å². The Kier molecular flexibility index (Phi) is 6.07. The first-order valence-electron chi connectivity index (χ1n) is 7.86. The van der Waals surface area contributed by atoms with Gasteiger partial charge in [0, 0.05) is 19.5 Å². The zero-order chi connectivity index (χ0) is 15.9. The normalized spacial score (nSPS) is 15.7. The van der Waals surface area contributed by atoms with Gasteiger partial charge in [-0.15, -0.1) is 0 Å². The summed E-state index contributed by atoms with van der Waals surface area (Å²) in [5.41, 5.74) is 6.77. The molecule has 1 fully saturated rings. The zero-order valence-corrected chi connectivity index (χ0v) is 13.5. The molecule has 122 valence electrons. The van der Waals surface area contributed by atoms with Crippen molar-refractivity contribution in [2.75, 3.05) is 33.9 Å². The summed E-state index contributed by atoms with van der Waals surface area (Å²) >= 11 is 0. The first-order valence-corrected chi connectivity index (χ1v) is 7.86. The van der Waals surface area contributed by atoms with E-state index in [0.717, 1.165) is 44.5 Å². The van der Waals surface area contributed by atoms with Crippen molar-refractivity contribution < 1.29 is 14.3 Å². The van der Waals surface area contributed by atoms with E-state index in [0.29, 0.717) is 23.8 Å². The van der Waals surface area contributed by atoms with E-state index in [1.54, 1.807) is 14.2 Å². The number of methoxy groups -OCH3 is 2. The van der Waals surface area contributed by atoms with E-state index in [-0.39, 0.29) is 5.91 Å². The minimum Gasteiger partial charge on any atom is -0.493 e. The lowest BCUT2D eigenvalue weighted by molar-refractivity contribution is -0.132. The molecule has 0 saturated carbocycles. The molecule has 0 unspecified atom stereocenters. The summed E-state index contributed by atoms with van der Waals surface area (Å²) in [6.07, 6.45) is 3.30. The molecule has 1 heterocycles. The van der Waals surface area contributed by atoms with Crippen molar-refractivity contribution in [1.29, 1.82) is 0 Å². The molecule has 1 amide bonds. The predicted octanol–water partition coefficient (Wildman–Crippen LogP) is 1.83. The number of likely N-dealkylation sites (tertiary alicyclic amines) is 1. The molecule has 0 bridgehead atoms. The van der Waals surface area contributed by atoms with Gasteiger partial charge < -0.3 is 20.1 Å². The van der Waals surface area contributed by atoms with Crippen LogP contribution >= 0.6 is 0 Å². The van der Waals surface area contributed by atoms with Crippen LogP contribution in [0.25, 0.3) is 0 Å². The van der Waals surface area contributed by atoms with Crippen LogP contribution < -0.4 is 15.2 Å². The summed E-state index contributed by atoms with van der Waals surface area (Å²) in [7, 11) is 3.24. The van der Waals surface area contributed by atoms with Crippen molar-refractivity contribution in [3.05, 3.63) is 23.8 Å². The molecule has 1 aromatic rings. The molecular weight excluding hydrogens is 280 g/mol. The van der Waals surface area contributed by atoms with E-state index in [1.165, 1.54) is 0 Å². The van der Waals surface area contributed by atoms with E-state index in [4.69, 9.17) is 15.2 Å². The van der Waals surface area contributed by atoms with Crippen molar-refractivity contribution >= 4 is 5.91 Å². The third-order valence-electron chi connectivity index (χ3n) is 4.38. The number of aryl methyl sites for hydroxylation is 1. The second-order valence-electron chi connectivity index (χ2n) is 5.75. The fourth-order valence-electron chi connectivity index (χ4n) is 2.86. The molecule has 0 radical (unpaired) electrons. The number of nitrogens with zero attached hydrogens (tertiary/aromatic N) is 1. The smallest absolute Gasteiger partial charge is 0.222 e. The predicted molar refractivity (Wildman–Crippen MR) is 86.2 cm³/mol. The monoisotopic (exact) mass is 306 g/mol. The number of carbonyl (C=O) groups excluding carboxylic acids is 1. The Morgan fingerprint density at radius 3 is 2.50 bits per heavy atom. The zero-order valence-electron chi connectivity index (χ0n) is 13.5. The summed E-state index contributed by atoms with van der Waals surface area (Å²) in [6.45, 7) is 2.41. The highest BCUT2D eigenvalue weighted by molar-refractivity contribution is 5.76. The summed E-state index contributed by atoms with van der Waals surface area (Å²) in [6, 6.07) is 5.80. The van der Waals surface area contributed by atoms with Gasteiger partial charge >= 0.3 is 0 Å². The maximum absolute atomic E-state index is 12.3. The number of nitrogens with two attached hydrogens (primary N) is 1. The van der Waals surface area contributed by atoms with Crippen LogP contribution in [0.1, 0.15) is 24.8 Å². The molecule has 1 aliphatic heterocycles. The molecule has 5 heteroatoms. The second-order valence-corrected chi connectivity index (χ2v) is 5.75. The number of carbonyl (C=O) groups is 1. The van der Waals surface area contributed by atoms with Crippen LogP contribution in [-0.2, 0) is 11.2 Å². The van der Waals surface area contributed by atoms with Crippen molar-refractivity contribution in [3.8, 4) is 11.5 Å². The van der Waals surface area contributed by atoms with Crippen LogP contribution in [0.3, 0.4) is 0 Å². The Morgan fingerprint density at radius 2 is 1.91 bits per heavy atom. The largest absolute Gasteiger partial charge is 0.493 e. The van der Waals surface area contributed by atoms with Gasteiger partial charge in [0.25, 0.3) is 0 Å². The fraction of sp³-hybridized carbons (Fsp3) is 0.588. The van der Waals surface area contributed by atoms with Crippen molar-refractivity contribution in [1.82, 2.24) is 4.90 Å². The molecule has 0 atom stereocenters. The van der Waals surface area contributed by atoms with Crippen molar-refractivity contribution in [2.24, 2.45) is 11.7 Å².